The van der Waals surface area contributed by atoms with Crippen LogP contribution in [0.2, 0.25) is 0 Å². The van der Waals surface area contributed by atoms with Gasteiger partial charge in [0, 0.05) is 24.3 Å². The Labute approximate surface area is 113 Å². The second kappa shape index (κ2) is 6.19. The molecule has 1 aliphatic carbocycles. The van der Waals surface area contributed by atoms with Gasteiger partial charge in [0.05, 0.1) is 5.56 Å². The fourth-order valence-electron chi connectivity index (χ4n) is 2.43. The lowest BCUT2D eigenvalue weighted by atomic mass is 9.89. The van der Waals surface area contributed by atoms with Crippen LogP contribution in [-0.2, 0) is 0 Å². The standard InChI is InChI=1S/C14H19ClN2O/c1-10-5-12(9-16-7-10)14(18)17-8-11-3-2-4-13(15)6-11/h5,7,9,11,13H,2-4,6,8H2,1H3,(H,17,18). The maximum Gasteiger partial charge on any atom is 0.252 e. The van der Waals surface area contributed by atoms with Crippen molar-refractivity contribution in [1.82, 2.24) is 10.3 Å². The summed E-state index contributed by atoms with van der Waals surface area (Å²) in [6, 6.07) is 1.85. The van der Waals surface area contributed by atoms with Crippen molar-refractivity contribution in [2.24, 2.45) is 5.92 Å². The Bertz CT molecular complexity index is 422. The number of hydrogen-bond donors (Lipinski definition) is 1. The lowest BCUT2D eigenvalue weighted by Gasteiger charge is -2.25. The third kappa shape index (κ3) is 3.70. The zero-order valence-electron chi connectivity index (χ0n) is 10.7. The van der Waals surface area contributed by atoms with Crippen molar-refractivity contribution >= 4 is 17.5 Å². The lowest BCUT2D eigenvalue weighted by molar-refractivity contribution is 0.0943. The minimum atomic E-state index is -0.0390. The topological polar surface area (TPSA) is 42.0 Å². The minimum absolute atomic E-state index is 0.0390. The van der Waals surface area contributed by atoms with Crippen LogP contribution >= 0.6 is 11.6 Å². The molecule has 0 saturated heterocycles. The van der Waals surface area contributed by atoms with E-state index in [-0.39, 0.29) is 11.3 Å². The molecule has 1 aromatic heterocycles. The highest BCUT2D eigenvalue weighted by molar-refractivity contribution is 6.20. The van der Waals surface area contributed by atoms with Gasteiger partial charge >= 0.3 is 0 Å². The second-order valence-corrected chi connectivity index (χ2v) is 5.71. The molecule has 0 radical (unpaired) electrons. The maximum atomic E-state index is 11.9. The first-order chi connectivity index (χ1) is 8.65. The van der Waals surface area contributed by atoms with Crippen LogP contribution < -0.4 is 5.32 Å². The van der Waals surface area contributed by atoms with Crippen LogP contribution in [-0.4, -0.2) is 22.8 Å². The van der Waals surface area contributed by atoms with Crippen LogP contribution in [0.5, 0.6) is 0 Å². The van der Waals surface area contributed by atoms with E-state index in [1.807, 2.05) is 13.0 Å². The second-order valence-electron chi connectivity index (χ2n) is 5.09. The van der Waals surface area contributed by atoms with E-state index in [0.717, 1.165) is 31.4 Å². The van der Waals surface area contributed by atoms with E-state index in [1.54, 1.807) is 12.4 Å². The Morgan fingerprint density at radius 1 is 1.50 bits per heavy atom. The molecule has 4 heteroatoms. The molecule has 1 N–H and O–H groups in total. The SMILES string of the molecule is Cc1cncc(C(=O)NCC2CCCC(Cl)C2)c1. The molecular formula is C14H19ClN2O. The molecule has 1 fully saturated rings. The van der Waals surface area contributed by atoms with Crippen LogP contribution in [0.25, 0.3) is 0 Å². The molecular weight excluding hydrogens is 248 g/mol. The highest BCUT2D eigenvalue weighted by Gasteiger charge is 2.20. The van der Waals surface area contributed by atoms with Crippen molar-refractivity contribution in [3.63, 3.8) is 0 Å². The van der Waals surface area contributed by atoms with Crippen molar-refractivity contribution in [2.75, 3.05) is 6.54 Å². The monoisotopic (exact) mass is 266 g/mol. The van der Waals surface area contributed by atoms with Crippen LogP contribution in [0.1, 0.15) is 41.6 Å². The van der Waals surface area contributed by atoms with Crippen molar-refractivity contribution in [1.29, 1.82) is 0 Å². The Morgan fingerprint density at radius 3 is 3.06 bits per heavy atom. The molecule has 1 aromatic rings. The molecule has 0 bridgehead atoms. The van der Waals surface area contributed by atoms with Gasteiger partial charge in [0.15, 0.2) is 0 Å². The van der Waals surface area contributed by atoms with E-state index < -0.39 is 0 Å². The molecule has 0 aromatic carbocycles. The lowest BCUT2D eigenvalue weighted by Crippen LogP contribution is -2.32. The third-order valence-corrected chi connectivity index (χ3v) is 3.80. The fraction of sp³-hybridized carbons (Fsp3) is 0.571. The first kappa shape index (κ1) is 13.3. The van der Waals surface area contributed by atoms with Crippen LogP contribution in [0.15, 0.2) is 18.5 Å². The number of nitrogens with zero attached hydrogens (tertiary/aromatic N) is 1. The van der Waals surface area contributed by atoms with Crippen molar-refractivity contribution in [3.8, 4) is 0 Å². The zero-order chi connectivity index (χ0) is 13.0. The third-order valence-electron chi connectivity index (χ3n) is 3.41. The molecule has 0 aliphatic heterocycles. The summed E-state index contributed by atoms with van der Waals surface area (Å²) in [6.45, 7) is 2.65. The van der Waals surface area contributed by atoms with Gasteiger partial charge in [-0.15, -0.1) is 11.6 Å². The molecule has 0 spiro atoms. The van der Waals surface area contributed by atoms with Crippen molar-refractivity contribution < 1.29 is 4.79 Å². The average molecular weight is 267 g/mol. The summed E-state index contributed by atoms with van der Waals surface area (Å²) in [5.41, 5.74) is 1.63. The minimum Gasteiger partial charge on any atom is -0.352 e. The first-order valence-electron chi connectivity index (χ1n) is 6.49. The molecule has 3 nitrogen and oxygen atoms in total. The van der Waals surface area contributed by atoms with Crippen molar-refractivity contribution in [3.05, 3.63) is 29.6 Å². The molecule has 1 amide bonds. The summed E-state index contributed by atoms with van der Waals surface area (Å²) in [4.78, 5) is 16.0. The summed E-state index contributed by atoms with van der Waals surface area (Å²) in [5.74, 6) is 0.478. The van der Waals surface area contributed by atoms with Gasteiger partial charge in [-0.25, -0.2) is 0 Å². The number of aromatic nitrogens is 1. The highest BCUT2D eigenvalue weighted by Crippen LogP contribution is 2.27. The van der Waals surface area contributed by atoms with Gasteiger partial charge < -0.3 is 5.32 Å². The number of nitrogens with one attached hydrogen (secondary N) is 1. The Hall–Kier alpha value is -1.09. The normalized spacial score (nSPS) is 23.7. The van der Waals surface area contributed by atoms with Gasteiger partial charge in [0.1, 0.15) is 0 Å². The molecule has 1 saturated carbocycles. The molecule has 2 unspecified atom stereocenters. The fourth-order valence-corrected chi connectivity index (χ4v) is 2.84. The van der Waals surface area contributed by atoms with Crippen LogP contribution in [0.4, 0.5) is 0 Å². The van der Waals surface area contributed by atoms with Crippen LogP contribution in [0.3, 0.4) is 0 Å². The Morgan fingerprint density at radius 2 is 2.33 bits per heavy atom. The summed E-state index contributed by atoms with van der Waals surface area (Å²) < 4.78 is 0. The number of rotatable bonds is 3. The van der Waals surface area contributed by atoms with Crippen LogP contribution in [0, 0.1) is 12.8 Å². The number of pyridine rings is 1. The van der Waals surface area contributed by atoms with Gasteiger partial charge in [-0.2, -0.15) is 0 Å². The van der Waals surface area contributed by atoms with E-state index in [9.17, 15) is 4.79 Å². The van der Waals surface area contributed by atoms with E-state index in [0.29, 0.717) is 11.5 Å². The molecule has 1 aliphatic rings. The van der Waals surface area contributed by atoms with E-state index in [2.05, 4.69) is 10.3 Å². The smallest absolute Gasteiger partial charge is 0.252 e. The first-order valence-corrected chi connectivity index (χ1v) is 6.92. The number of amides is 1. The van der Waals surface area contributed by atoms with E-state index >= 15 is 0 Å². The quantitative estimate of drug-likeness (QED) is 0.855. The van der Waals surface area contributed by atoms with Gasteiger partial charge in [0.25, 0.3) is 5.91 Å². The van der Waals surface area contributed by atoms with E-state index in [1.165, 1.54) is 6.42 Å². The highest BCUT2D eigenvalue weighted by atomic mass is 35.5. The number of alkyl halides is 1. The Balaban J connectivity index is 1.84. The molecule has 98 valence electrons. The number of carbonyl (C=O) groups is 1. The predicted molar refractivity (Wildman–Crippen MR) is 72.9 cm³/mol. The summed E-state index contributed by atoms with van der Waals surface area (Å²) in [5, 5.41) is 3.26. The Kier molecular flexibility index (Phi) is 4.59. The van der Waals surface area contributed by atoms with Gasteiger partial charge in [-0.05, 0) is 43.7 Å². The van der Waals surface area contributed by atoms with Crippen molar-refractivity contribution in [2.45, 2.75) is 38.0 Å². The number of hydrogen-bond acceptors (Lipinski definition) is 2. The molecule has 2 atom stereocenters. The van der Waals surface area contributed by atoms with E-state index in [4.69, 9.17) is 11.6 Å². The molecule has 2 rings (SSSR count). The number of halogens is 1. The summed E-state index contributed by atoms with van der Waals surface area (Å²) in [7, 11) is 0. The predicted octanol–water partition coefficient (Wildman–Crippen LogP) is 2.92. The number of carbonyl (C=O) groups excluding carboxylic acids is 1. The van der Waals surface area contributed by atoms with Gasteiger partial charge in [-0.1, -0.05) is 6.42 Å². The zero-order valence-corrected chi connectivity index (χ0v) is 11.4. The number of aryl methyl sites for hydroxylation is 1. The largest absolute Gasteiger partial charge is 0.352 e. The molecule has 18 heavy (non-hydrogen) atoms. The summed E-state index contributed by atoms with van der Waals surface area (Å²) >= 11 is 6.14. The molecule has 1 heterocycles. The average Bonchev–Trinajstić information content (AvgIpc) is 2.36. The van der Waals surface area contributed by atoms with Gasteiger partial charge in [-0.3, -0.25) is 9.78 Å². The van der Waals surface area contributed by atoms with Gasteiger partial charge in [0.2, 0.25) is 0 Å². The summed E-state index contributed by atoms with van der Waals surface area (Å²) in [6.07, 6.45) is 7.79. The maximum absolute atomic E-state index is 11.9.